The fourth-order valence-electron chi connectivity index (χ4n) is 3.05. The summed E-state index contributed by atoms with van der Waals surface area (Å²) >= 11 is 0. The second-order valence-electron chi connectivity index (χ2n) is 6.61. The first kappa shape index (κ1) is 19.5. The molecule has 5 heteroatoms. The minimum absolute atomic E-state index is 0.0353. The van der Waals surface area contributed by atoms with Crippen LogP contribution in [0.2, 0.25) is 0 Å². The molecule has 138 valence electrons. The summed E-state index contributed by atoms with van der Waals surface area (Å²) < 4.78 is 0. The second kappa shape index (κ2) is 8.06. The number of hydrogen-bond acceptors (Lipinski definition) is 4. The third kappa shape index (κ3) is 3.89. The smallest absolute Gasteiger partial charge is 0.243 e. The molecule has 5 nitrogen and oxygen atoms in total. The lowest BCUT2D eigenvalue weighted by Gasteiger charge is -2.35. The Morgan fingerprint density at radius 2 is 1.42 bits per heavy atom. The van der Waals surface area contributed by atoms with Gasteiger partial charge in [-0.25, -0.2) is 0 Å². The zero-order valence-electron chi connectivity index (χ0n) is 15.9. The van der Waals surface area contributed by atoms with E-state index in [1.54, 1.807) is 0 Å². The van der Waals surface area contributed by atoms with E-state index in [0.29, 0.717) is 0 Å². The Hall–Kier alpha value is -2.79. The molecule has 0 spiro atoms. The maximum atomic E-state index is 11.9. The molecule has 0 aliphatic rings. The van der Waals surface area contributed by atoms with Gasteiger partial charge < -0.3 is 20.2 Å². The van der Waals surface area contributed by atoms with Crippen LogP contribution in [0.4, 0.5) is 11.4 Å². The first-order valence-corrected chi connectivity index (χ1v) is 8.47. The molecule has 0 atom stereocenters. The monoisotopic (exact) mass is 353 g/mol. The summed E-state index contributed by atoms with van der Waals surface area (Å²) in [7, 11) is 7.72. The molecule has 2 aromatic rings. The Morgan fingerprint density at radius 3 is 1.81 bits per heavy atom. The van der Waals surface area contributed by atoms with Crippen molar-refractivity contribution in [3.05, 3.63) is 72.3 Å². The van der Waals surface area contributed by atoms with Crippen molar-refractivity contribution in [2.75, 3.05) is 44.5 Å². The Bertz CT molecular complexity index is 733. The fraction of sp³-hybridized carbons (Fsp3) is 0.286. The van der Waals surface area contributed by atoms with Gasteiger partial charge in [-0.05, 0) is 18.2 Å². The molecule has 0 fully saturated rings. The highest BCUT2D eigenvalue weighted by molar-refractivity contribution is 5.87. The average molecular weight is 353 g/mol. The van der Waals surface area contributed by atoms with Crippen LogP contribution in [-0.2, 0) is 10.4 Å². The standard InChI is InChI=1S/C21H27N3O2/c1-6-20(25)22-15-21(26,16-11-7-9-13-18(16)23(2)3)17-12-8-10-14-19(17)24(4)5/h6-14,26H,1,15H2,2-5H3,(H,22,25). The number of hydrogen-bond donors (Lipinski definition) is 2. The van der Waals surface area contributed by atoms with E-state index in [2.05, 4.69) is 11.9 Å². The van der Waals surface area contributed by atoms with E-state index in [-0.39, 0.29) is 12.5 Å². The third-order valence-corrected chi connectivity index (χ3v) is 4.37. The van der Waals surface area contributed by atoms with Crippen LogP contribution in [0.1, 0.15) is 11.1 Å². The molecule has 2 aromatic carbocycles. The topological polar surface area (TPSA) is 55.8 Å². The highest BCUT2D eigenvalue weighted by Crippen LogP contribution is 2.39. The van der Waals surface area contributed by atoms with Gasteiger partial charge in [0.1, 0.15) is 5.60 Å². The quantitative estimate of drug-likeness (QED) is 0.751. The van der Waals surface area contributed by atoms with E-state index in [1.807, 2.05) is 86.5 Å². The molecular formula is C21H27N3O2. The lowest BCUT2D eigenvalue weighted by molar-refractivity contribution is -0.117. The Kier molecular flexibility index (Phi) is 6.05. The molecule has 0 aliphatic heterocycles. The number of benzene rings is 2. The van der Waals surface area contributed by atoms with Gasteiger partial charge in [0.2, 0.25) is 5.91 Å². The van der Waals surface area contributed by atoms with E-state index in [4.69, 9.17) is 0 Å². The highest BCUT2D eigenvalue weighted by Gasteiger charge is 2.36. The summed E-state index contributed by atoms with van der Waals surface area (Å²) in [5.41, 5.74) is 1.82. The molecule has 0 aliphatic carbocycles. The first-order valence-electron chi connectivity index (χ1n) is 8.47. The normalized spacial score (nSPS) is 11.0. The van der Waals surface area contributed by atoms with E-state index in [0.717, 1.165) is 22.5 Å². The van der Waals surface area contributed by atoms with Crippen molar-refractivity contribution in [3.8, 4) is 0 Å². The molecule has 0 bridgehead atoms. The molecule has 0 saturated carbocycles. The summed E-state index contributed by atoms with van der Waals surface area (Å²) in [4.78, 5) is 15.7. The van der Waals surface area contributed by atoms with Crippen molar-refractivity contribution < 1.29 is 9.90 Å². The van der Waals surface area contributed by atoms with Crippen LogP contribution in [0.15, 0.2) is 61.2 Å². The largest absolute Gasteiger partial charge is 0.378 e. The van der Waals surface area contributed by atoms with Crippen LogP contribution < -0.4 is 15.1 Å². The van der Waals surface area contributed by atoms with Crippen molar-refractivity contribution in [2.45, 2.75) is 5.60 Å². The number of carbonyl (C=O) groups excluding carboxylic acids is 1. The van der Waals surface area contributed by atoms with Crippen molar-refractivity contribution in [2.24, 2.45) is 0 Å². The number of amides is 1. The van der Waals surface area contributed by atoms with Gasteiger partial charge in [0.25, 0.3) is 0 Å². The van der Waals surface area contributed by atoms with E-state index < -0.39 is 5.60 Å². The van der Waals surface area contributed by atoms with Crippen LogP contribution >= 0.6 is 0 Å². The lowest BCUT2D eigenvalue weighted by atomic mass is 9.83. The summed E-state index contributed by atoms with van der Waals surface area (Å²) in [6.07, 6.45) is 1.20. The molecular weight excluding hydrogens is 326 g/mol. The zero-order valence-corrected chi connectivity index (χ0v) is 15.9. The van der Waals surface area contributed by atoms with Crippen LogP contribution in [0.5, 0.6) is 0 Å². The van der Waals surface area contributed by atoms with Gasteiger partial charge >= 0.3 is 0 Å². The minimum atomic E-state index is -1.40. The summed E-state index contributed by atoms with van der Waals surface area (Å²) in [5, 5.41) is 14.6. The molecule has 0 heterocycles. The number of carbonyl (C=O) groups is 1. The van der Waals surface area contributed by atoms with E-state index in [9.17, 15) is 9.90 Å². The van der Waals surface area contributed by atoms with Gasteiger partial charge in [0, 0.05) is 50.7 Å². The zero-order chi connectivity index (χ0) is 19.3. The van der Waals surface area contributed by atoms with Crippen molar-refractivity contribution in [1.82, 2.24) is 5.32 Å². The summed E-state index contributed by atoms with van der Waals surface area (Å²) in [5.74, 6) is -0.326. The number of anilines is 2. The number of para-hydroxylation sites is 2. The van der Waals surface area contributed by atoms with Gasteiger partial charge in [-0.1, -0.05) is 43.0 Å². The average Bonchev–Trinajstić information content (AvgIpc) is 2.65. The van der Waals surface area contributed by atoms with E-state index in [1.165, 1.54) is 6.08 Å². The molecule has 26 heavy (non-hydrogen) atoms. The second-order valence-corrected chi connectivity index (χ2v) is 6.61. The van der Waals surface area contributed by atoms with Crippen LogP contribution in [0.3, 0.4) is 0 Å². The van der Waals surface area contributed by atoms with Crippen molar-refractivity contribution >= 4 is 17.3 Å². The molecule has 0 aromatic heterocycles. The molecule has 0 saturated heterocycles. The van der Waals surface area contributed by atoms with Crippen LogP contribution in [0.25, 0.3) is 0 Å². The lowest BCUT2D eigenvalue weighted by Crippen LogP contribution is -2.42. The van der Waals surface area contributed by atoms with Gasteiger partial charge in [-0.3, -0.25) is 4.79 Å². The van der Waals surface area contributed by atoms with Gasteiger partial charge in [0.15, 0.2) is 0 Å². The Morgan fingerprint density at radius 1 is 1.00 bits per heavy atom. The SMILES string of the molecule is C=CC(=O)NCC(O)(c1ccccc1N(C)C)c1ccccc1N(C)C. The fourth-order valence-corrected chi connectivity index (χ4v) is 3.05. The van der Waals surface area contributed by atoms with Crippen LogP contribution in [-0.4, -0.2) is 45.7 Å². The van der Waals surface area contributed by atoms with Gasteiger partial charge in [-0.2, -0.15) is 0 Å². The first-order chi connectivity index (χ1) is 12.3. The van der Waals surface area contributed by atoms with E-state index >= 15 is 0 Å². The van der Waals surface area contributed by atoms with Crippen molar-refractivity contribution in [1.29, 1.82) is 0 Å². The maximum absolute atomic E-state index is 11.9. The Balaban J connectivity index is 2.69. The van der Waals surface area contributed by atoms with Crippen LogP contribution in [0, 0.1) is 0 Å². The number of nitrogens with zero attached hydrogens (tertiary/aromatic N) is 2. The minimum Gasteiger partial charge on any atom is -0.378 e. The molecule has 1 amide bonds. The number of aliphatic hydroxyl groups is 1. The molecule has 0 unspecified atom stereocenters. The summed E-state index contributed by atoms with van der Waals surface area (Å²) in [6, 6.07) is 15.3. The molecule has 2 rings (SSSR count). The third-order valence-electron chi connectivity index (χ3n) is 4.37. The van der Waals surface area contributed by atoms with Gasteiger partial charge in [0.05, 0.1) is 6.54 Å². The molecule has 0 radical (unpaired) electrons. The molecule has 2 N–H and O–H groups in total. The van der Waals surface area contributed by atoms with Crippen molar-refractivity contribution in [3.63, 3.8) is 0 Å². The maximum Gasteiger partial charge on any atom is 0.243 e. The predicted molar refractivity (Wildman–Crippen MR) is 108 cm³/mol. The number of rotatable bonds is 7. The number of nitrogens with one attached hydrogen (secondary N) is 1. The predicted octanol–water partition coefficient (Wildman–Crippen LogP) is 2.36. The summed E-state index contributed by atoms with van der Waals surface area (Å²) in [6.45, 7) is 3.52. The van der Waals surface area contributed by atoms with Gasteiger partial charge in [-0.15, -0.1) is 0 Å². The highest BCUT2D eigenvalue weighted by atomic mass is 16.3. The Labute approximate surface area is 155 Å².